The normalized spacial score (nSPS) is 11.9. The second-order valence-electron chi connectivity index (χ2n) is 14.4. The summed E-state index contributed by atoms with van der Waals surface area (Å²) >= 11 is 0. The Labute approximate surface area is 329 Å². The zero-order valence-corrected chi connectivity index (χ0v) is 30.8. The molecule has 11 aromatic rings. The third-order valence-electron chi connectivity index (χ3n) is 11.2. The lowest BCUT2D eigenvalue weighted by Crippen LogP contribution is -2.31. The van der Waals surface area contributed by atoms with E-state index in [9.17, 15) is 0 Å². The molecule has 3 aromatic heterocycles. The minimum atomic E-state index is -0.715. The first kappa shape index (κ1) is 32.8. The van der Waals surface area contributed by atoms with Gasteiger partial charge in [-0.3, -0.25) is 4.57 Å². The number of nitrogens with zero attached hydrogens (tertiary/aromatic N) is 4. The first-order valence-electron chi connectivity index (χ1n) is 19.2. The van der Waals surface area contributed by atoms with Crippen LogP contribution in [-0.2, 0) is 5.41 Å². The molecule has 5 nitrogen and oxygen atoms in total. The van der Waals surface area contributed by atoms with Crippen molar-refractivity contribution >= 4 is 43.7 Å². The van der Waals surface area contributed by atoms with Crippen LogP contribution in [0.5, 0.6) is 0 Å². The molecule has 0 amide bonds. The van der Waals surface area contributed by atoms with E-state index in [1.807, 2.05) is 18.2 Å². The van der Waals surface area contributed by atoms with Crippen LogP contribution < -0.4 is 0 Å². The zero-order chi connectivity index (χ0) is 37.8. The molecule has 0 fully saturated rings. The third kappa shape index (κ3) is 5.20. The highest BCUT2D eigenvalue weighted by Gasteiger charge is 2.40. The topological polar surface area (TPSA) is 56.7 Å². The monoisotopic (exact) mass is 730 g/mol. The average Bonchev–Trinajstić information content (AvgIpc) is 3.83. The van der Waals surface area contributed by atoms with Crippen molar-refractivity contribution in [3.8, 4) is 28.7 Å². The summed E-state index contributed by atoms with van der Waals surface area (Å²) in [5.41, 5.74) is 9.19. The van der Waals surface area contributed by atoms with Gasteiger partial charge in [-0.2, -0.15) is 9.97 Å². The van der Waals surface area contributed by atoms with Gasteiger partial charge in [0.25, 0.3) is 0 Å². The fraction of sp³-hybridized carbons (Fsp3) is 0.0192. The number of benzene rings is 8. The Bertz CT molecular complexity index is 3090. The van der Waals surface area contributed by atoms with Crippen LogP contribution in [0.1, 0.15) is 22.3 Å². The van der Waals surface area contributed by atoms with Crippen molar-refractivity contribution < 1.29 is 4.42 Å². The average molecular weight is 731 g/mol. The van der Waals surface area contributed by atoms with Crippen LogP contribution in [0.3, 0.4) is 0 Å². The number of rotatable bonds is 7. The number of fused-ring (bicyclic) bond motifs is 6. The van der Waals surface area contributed by atoms with Crippen LogP contribution in [-0.4, -0.2) is 19.5 Å². The Morgan fingerprint density at radius 2 is 0.877 bits per heavy atom. The molecule has 11 rings (SSSR count). The van der Waals surface area contributed by atoms with Gasteiger partial charge in [0.15, 0.2) is 11.6 Å². The van der Waals surface area contributed by atoms with Crippen molar-refractivity contribution in [1.29, 1.82) is 0 Å². The summed E-state index contributed by atoms with van der Waals surface area (Å²) in [6.45, 7) is 0. The molecule has 0 saturated heterocycles. The lowest BCUT2D eigenvalue weighted by atomic mass is 9.64. The second-order valence-corrected chi connectivity index (χ2v) is 14.4. The molecule has 8 aromatic carbocycles. The van der Waals surface area contributed by atoms with Crippen LogP contribution in [0, 0.1) is 0 Å². The second kappa shape index (κ2) is 13.3. The molecule has 5 heteroatoms. The summed E-state index contributed by atoms with van der Waals surface area (Å²) in [4.78, 5) is 16.1. The largest absolute Gasteiger partial charge is 0.456 e. The third-order valence-corrected chi connectivity index (χ3v) is 11.2. The number of hydrogen-bond acceptors (Lipinski definition) is 4. The molecule has 0 spiro atoms. The van der Waals surface area contributed by atoms with Crippen molar-refractivity contribution in [2.24, 2.45) is 0 Å². The molecule has 0 radical (unpaired) electrons. The van der Waals surface area contributed by atoms with E-state index < -0.39 is 5.41 Å². The summed E-state index contributed by atoms with van der Waals surface area (Å²) in [6.07, 6.45) is 0. The Kier molecular flexibility index (Phi) is 7.64. The molecule has 3 heterocycles. The van der Waals surface area contributed by atoms with Crippen LogP contribution in [0.15, 0.2) is 211 Å². The van der Waals surface area contributed by atoms with E-state index in [1.54, 1.807) is 0 Å². The summed E-state index contributed by atoms with van der Waals surface area (Å²) in [5.74, 6) is 1.67. The number of hydrogen-bond donors (Lipinski definition) is 0. The van der Waals surface area contributed by atoms with Crippen LogP contribution in [0.4, 0.5) is 0 Å². The fourth-order valence-corrected chi connectivity index (χ4v) is 8.75. The van der Waals surface area contributed by atoms with E-state index in [4.69, 9.17) is 19.4 Å². The van der Waals surface area contributed by atoms with Crippen molar-refractivity contribution in [2.45, 2.75) is 5.41 Å². The molecule has 57 heavy (non-hydrogen) atoms. The molecule has 0 N–H and O–H groups in total. The molecule has 0 atom stereocenters. The van der Waals surface area contributed by atoms with E-state index in [0.717, 1.165) is 77.1 Å². The van der Waals surface area contributed by atoms with Crippen molar-refractivity contribution in [3.63, 3.8) is 0 Å². The Morgan fingerprint density at radius 3 is 1.51 bits per heavy atom. The highest BCUT2D eigenvalue weighted by atomic mass is 16.3. The van der Waals surface area contributed by atoms with Crippen LogP contribution in [0.25, 0.3) is 72.5 Å². The van der Waals surface area contributed by atoms with E-state index in [0.29, 0.717) is 17.6 Å². The van der Waals surface area contributed by atoms with E-state index in [1.165, 1.54) is 0 Å². The number of aromatic nitrogens is 4. The van der Waals surface area contributed by atoms with E-state index in [-0.39, 0.29) is 0 Å². The molecule has 0 aliphatic heterocycles. The molecule has 0 aliphatic rings. The van der Waals surface area contributed by atoms with Gasteiger partial charge in [0.2, 0.25) is 5.95 Å². The van der Waals surface area contributed by atoms with Crippen LogP contribution in [0.2, 0.25) is 0 Å². The number of furan rings is 1. The minimum absolute atomic E-state index is 0.539. The van der Waals surface area contributed by atoms with Crippen molar-refractivity contribution in [2.75, 3.05) is 0 Å². The first-order valence-corrected chi connectivity index (χ1v) is 19.2. The van der Waals surface area contributed by atoms with Gasteiger partial charge in [0.05, 0.1) is 16.4 Å². The smallest absolute Gasteiger partial charge is 0.238 e. The molecule has 268 valence electrons. The number of para-hydroxylation sites is 3. The highest BCUT2D eigenvalue weighted by Crippen LogP contribution is 2.48. The van der Waals surface area contributed by atoms with Gasteiger partial charge in [-0.15, -0.1) is 0 Å². The Balaban J connectivity index is 1.23. The highest BCUT2D eigenvalue weighted by molar-refractivity contribution is 6.09. The maximum absolute atomic E-state index is 6.38. The van der Waals surface area contributed by atoms with Gasteiger partial charge in [0.1, 0.15) is 11.2 Å². The van der Waals surface area contributed by atoms with Gasteiger partial charge < -0.3 is 4.42 Å². The predicted molar refractivity (Wildman–Crippen MR) is 231 cm³/mol. The Morgan fingerprint density at radius 1 is 0.386 bits per heavy atom. The van der Waals surface area contributed by atoms with Gasteiger partial charge in [0, 0.05) is 32.7 Å². The van der Waals surface area contributed by atoms with Crippen molar-refractivity contribution in [3.05, 3.63) is 229 Å². The molecule has 0 bridgehead atoms. The van der Waals surface area contributed by atoms with Crippen LogP contribution >= 0.6 is 0 Å². The summed E-state index contributed by atoms with van der Waals surface area (Å²) < 4.78 is 8.55. The maximum atomic E-state index is 6.38. The summed E-state index contributed by atoms with van der Waals surface area (Å²) in [5, 5.41) is 4.40. The first-order chi connectivity index (χ1) is 28.3. The van der Waals surface area contributed by atoms with E-state index >= 15 is 0 Å². The standard InChI is InChI=1S/C52H34N4O/c1-4-18-36(19-5-1)52(37-20-6-2-7-21-37,38-22-8-3-9-23-38)44-28-14-10-27-43(44)50-53-49(35-32-33-42-41-26-13-17-31-47(41)57-48(42)34-35)54-51(55-50)56-45-29-15-11-24-39(45)40-25-12-16-30-46(40)56/h1-34H. The van der Waals surface area contributed by atoms with Gasteiger partial charge in [-0.1, -0.05) is 176 Å². The lowest BCUT2D eigenvalue weighted by Gasteiger charge is -2.38. The van der Waals surface area contributed by atoms with Gasteiger partial charge >= 0.3 is 0 Å². The lowest BCUT2D eigenvalue weighted by molar-refractivity contribution is 0.669. The summed E-state index contributed by atoms with van der Waals surface area (Å²) in [7, 11) is 0. The Hall–Kier alpha value is -7.63. The zero-order valence-electron chi connectivity index (χ0n) is 30.8. The predicted octanol–water partition coefficient (Wildman–Crippen LogP) is 12.6. The maximum Gasteiger partial charge on any atom is 0.238 e. The minimum Gasteiger partial charge on any atom is -0.456 e. The molecule has 0 unspecified atom stereocenters. The van der Waals surface area contributed by atoms with E-state index in [2.05, 4.69) is 193 Å². The van der Waals surface area contributed by atoms with Crippen molar-refractivity contribution in [1.82, 2.24) is 19.5 Å². The van der Waals surface area contributed by atoms with Gasteiger partial charge in [-0.05, 0) is 52.6 Å². The molecular weight excluding hydrogens is 697 g/mol. The summed E-state index contributed by atoms with van der Waals surface area (Å²) in [6, 6.07) is 72.2. The van der Waals surface area contributed by atoms with Gasteiger partial charge in [-0.25, -0.2) is 4.98 Å². The molecular formula is C52H34N4O. The molecule has 0 saturated carbocycles. The fourth-order valence-electron chi connectivity index (χ4n) is 8.75. The SMILES string of the molecule is c1ccc(C(c2ccccc2)(c2ccccc2)c2ccccc2-c2nc(-c3ccc4c(c3)oc3ccccc34)nc(-n3c4ccccc4c4ccccc43)n2)cc1. The quantitative estimate of drug-likeness (QED) is 0.153. The molecule has 0 aliphatic carbocycles.